The van der Waals surface area contributed by atoms with Gasteiger partial charge in [0.2, 0.25) is 0 Å². The molecule has 0 amide bonds. The van der Waals surface area contributed by atoms with Crippen LogP contribution in [0.3, 0.4) is 0 Å². The van der Waals surface area contributed by atoms with Gasteiger partial charge in [-0.3, -0.25) is 0 Å². The van der Waals surface area contributed by atoms with Crippen molar-refractivity contribution in [1.29, 1.82) is 0 Å². The van der Waals surface area contributed by atoms with Crippen LogP contribution in [0.1, 0.15) is 5.56 Å². The number of hydrogen-bond donors (Lipinski definition) is 1. The SMILES string of the molecule is COCCNCc1ccc(Oc2ccccc2Cl)cc1Br. The topological polar surface area (TPSA) is 30.5 Å². The maximum absolute atomic E-state index is 6.08. The van der Waals surface area contributed by atoms with Crippen molar-refractivity contribution in [2.24, 2.45) is 0 Å². The Morgan fingerprint density at radius 2 is 2.00 bits per heavy atom. The van der Waals surface area contributed by atoms with Gasteiger partial charge < -0.3 is 14.8 Å². The lowest BCUT2D eigenvalue weighted by Crippen LogP contribution is -2.18. The average molecular weight is 371 g/mol. The lowest BCUT2D eigenvalue weighted by atomic mass is 10.2. The molecule has 0 fully saturated rings. The molecule has 1 N–H and O–H groups in total. The zero-order valence-electron chi connectivity index (χ0n) is 11.7. The van der Waals surface area contributed by atoms with Gasteiger partial charge in [0.1, 0.15) is 11.5 Å². The van der Waals surface area contributed by atoms with Crippen molar-refractivity contribution in [2.45, 2.75) is 6.54 Å². The van der Waals surface area contributed by atoms with E-state index in [1.54, 1.807) is 13.2 Å². The first-order valence-electron chi connectivity index (χ1n) is 6.61. The Balaban J connectivity index is 2.00. The van der Waals surface area contributed by atoms with Gasteiger partial charge in [0.15, 0.2) is 0 Å². The number of methoxy groups -OCH3 is 1. The van der Waals surface area contributed by atoms with Crippen molar-refractivity contribution in [3.8, 4) is 11.5 Å². The second-order valence-electron chi connectivity index (χ2n) is 4.46. The monoisotopic (exact) mass is 369 g/mol. The van der Waals surface area contributed by atoms with Crippen molar-refractivity contribution in [3.05, 3.63) is 57.5 Å². The Morgan fingerprint density at radius 1 is 1.19 bits per heavy atom. The lowest BCUT2D eigenvalue weighted by molar-refractivity contribution is 0.199. The van der Waals surface area contributed by atoms with Gasteiger partial charge in [-0.25, -0.2) is 0 Å². The number of hydrogen-bond acceptors (Lipinski definition) is 3. The molecule has 0 saturated heterocycles. The number of rotatable bonds is 7. The Labute approximate surface area is 138 Å². The highest BCUT2D eigenvalue weighted by atomic mass is 79.9. The summed E-state index contributed by atoms with van der Waals surface area (Å²) >= 11 is 9.65. The smallest absolute Gasteiger partial charge is 0.146 e. The highest BCUT2D eigenvalue weighted by Crippen LogP contribution is 2.31. The number of nitrogens with one attached hydrogen (secondary N) is 1. The van der Waals surface area contributed by atoms with Crippen LogP contribution in [0, 0.1) is 0 Å². The molecule has 0 heterocycles. The molecule has 0 aliphatic rings. The molecule has 2 rings (SSSR count). The molecule has 0 atom stereocenters. The highest BCUT2D eigenvalue weighted by Gasteiger charge is 2.05. The van der Waals surface area contributed by atoms with E-state index in [0.717, 1.165) is 28.9 Å². The molecule has 3 nitrogen and oxygen atoms in total. The summed E-state index contributed by atoms with van der Waals surface area (Å²) in [6, 6.07) is 13.3. The molecule has 0 aliphatic heterocycles. The molecule has 0 spiro atoms. The van der Waals surface area contributed by atoms with Crippen LogP contribution >= 0.6 is 27.5 Å². The first-order chi connectivity index (χ1) is 10.2. The predicted octanol–water partition coefficient (Wildman–Crippen LogP) is 4.63. The summed E-state index contributed by atoms with van der Waals surface area (Å²) in [4.78, 5) is 0. The Kier molecular flexibility index (Phi) is 6.51. The van der Waals surface area contributed by atoms with Crippen molar-refractivity contribution < 1.29 is 9.47 Å². The summed E-state index contributed by atoms with van der Waals surface area (Å²) in [5, 5.41) is 3.90. The van der Waals surface area contributed by atoms with Crippen LogP contribution in [0.25, 0.3) is 0 Å². The molecular formula is C16H17BrClNO2. The highest BCUT2D eigenvalue weighted by molar-refractivity contribution is 9.10. The normalized spacial score (nSPS) is 10.6. The van der Waals surface area contributed by atoms with Gasteiger partial charge in [0.25, 0.3) is 0 Å². The van der Waals surface area contributed by atoms with Crippen molar-refractivity contribution >= 4 is 27.5 Å². The minimum atomic E-state index is 0.596. The Hall–Kier alpha value is -1.07. The van der Waals surface area contributed by atoms with Crippen LogP contribution in [-0.2, 0) is 11.3 Å². The van der Waals surface area contributed by atoms with Crippen LogP contribution in [0.15, 0.2) is 46.9 Å². The Bertz CT molecular complexity index is 592. The molecule has 5 heteroatoms. The molecule has 0 bridgehead atoms. The van der Waals surface area contributed by atoms with E-state index in [4.69, 9.17) is 21.1 Å². The fourth-order valence-corrected chi connectivity index (χ4v) is 2.46. The molecule has 0 aliphatic carbocycles. The van der Waals surface area contributed by atoms with Crippen molar-refractivity contribution in [1.82, 2.24) is 5.32 Å². The number of para-hydroxylation sites is 1. The van der Waals surface area contributed by atoms with E-state index in [0.29, 0.717) is 17.4 Å². The summed E-state index contributed by atoms with van der Waals surface area (Å²) < 4.78 is 11.8. The van der Waals surface area contributed by atoms with Crippen LogP contribution in [0.4, 0.5) is 0 Å². The maximum Gasteiger partial charge on any atom is 0.146 e. The van der Waals surface area contributed by atoms with Crippen molar-refractivity contribution in [2.75, 3.05) is 20.3 Å². The quantitative estimate of drug-likeness (QED) is 0.721. The zero-order valence-corrected chi connectivity index (χ0v) is 14.1. The minimum Gasteiger partial charge on any atom is -0.456 e. The van der Waals surface area contributed by atoms with Gasteiger partial charge in [0, 0.05) is 24.7 Å². The zero-order chi connectivity index (χ0) is 15.1. The van der Waals surface area contributed by atoms with E-state index < -0.39 is 0 Å². The summed E-state index contributed by atoms with van der Waals surface area (Å²) in [6.07, 6.45) is 0. The summed E-state index contributed by atoms with van der Waals surface area (Å²) in [7, 11) is 1.69. The average Bonchev–Trinajstić information content (AvgIpc) is 2.48. The van der Waals surface area contributed by atoms with Gasteiger partial charge in [-0.1, -0.05) is 45.7 Å². The number of benzene rings is 2. The van der Waals surface area contributed by atoms with Gasteiger partial charge >= 0.3 is 0 Å². The summed E-state index contributed by atoms with van der Waals surface area (Å²) in [5.74, 6) is 1.40. The molecule has 0 saturated carbocycles. The standard InChI is InChI=1S/C16H17BrClNO2/c1-20-9-8-19-11-12-6-7-13(10-14(12)17)21-16-5-3-2-4-15(16)18/h2-7,10,19H,8-9,11H2,1H3. The summed E-state index contributed by atoms with van der Waals surface area (Å²) in [5.41, 5.74) is 1.16. The molecule has 0 unspecified atom stereocenters. The molecule has 0 radical (unpaired) electrons. The number of halogens is 2. The van der Waals surface area contributed by atoms with Crippen LogP contribution in [0.2, 0.25) is 5.02 Å². The fraction of sp³-hybridized carbons (Fsp3) is 0.250. The third-order valence-electron chi connectivity index (χ3n) is 2.89. The maximum atomic E-state index is 6.08. The van der Waals surface area contributed by atoms with Gasteiger partial charge in [-0.15, -0.1) is 0 Å². The lowest BCUT2D eigenvalue weighted by Gasteiger charge is -2.10. The van der Waals surface area contributed by atoms with E-state index in [1.807, 2.05) is 36.4 Å². The van der Waals surface area contributed by atoms with E-state index in [1.165, 1.54) is 0 Å². The summed E-state index contributed by atoms with van der Waals surface area (Å²) in [6.45, 7) is 2.29. The van der Waals surface area contributed by atoms with E-state index in [-0.39, 0.29) is 0 Å². The van der Waals surface area contributed by atoms with Gasteiger partial charge in [-0.05, 0) is 29.8 Å². The molecular weight excluding hydrogens is 354 g/mol. The first kappa shape index (κ1) is 16.3. The van der Waals surface area contributed by atoms with Crippen LogP contribution in [0.5, 0.6) is 11.5 Å². The molecule has 2 aromatic rings. The largest absolute Gasteiger partial charge is 0.456 e. The minimum absolute atomic E-state index is 0.596. The fourth-order valence-electron chi connectivity index (χ4n) is 1.79. The molecule has 0 aromatic heterocycles. The van der Waals surface area contributed by atoms with Gasteiger partial charge in [0.05, 0.1) is 11.6 Å². The Morgan fingerprint density at radius 3 is 2.71 bits per heavy atom. The number of ether oxygens (including phenoxy) is 2. The third-order valence-corrected chi connectivity index (χ3v) is 3.94. The molecule has 21 heavy (non-hydrogen) atoms. The second kappa shape index (κ2) is 8.39. The second-order valence-corrected chi connectivity index (χ2v) is 5.72. The predicted molar refractivity (Wildman–Crippen MR) is 89.3 cm³/mol. The van der Waals surface area contributed by atoms with Gasteiger partial charge in [-0.2, -0.15) is 0 Å². The third kappa shape index (κ3) is 5.00. The van der Waals surface area contributed by atoms with E-state index >= 15 is 0 Å². The van der Waals surface area contributed by atoms with Crippen LogP contribution < -0.4 is 10.1 Å². The van der Waals surface area contributed by atoms with E-state index in [2.05, 4.69) is 21.2 Å². The molecule has 2 aromatic carbocycles. The first-order valence-corrected chi connectivity index (χ1v) is 7.78. The van der Waals surface area contributed by atoms with Crippen molar-refractivity contribution in [3.63, 3.8) is 0 Å². The van der Waals surface area contributed by atoms with Crippen LogP contribution in [-0.4, -0.2) is 20.3 Å². The van der Waals surface area contributed by atoms with E-state index in [9.17, 15) is 0 Å². The molecule has 112 valence electrons.